The van der Waals surface area contributed by atoms with E-state index >= 15 is 0 Å². The fourth-order valence-corrected chi connectivity index (χ4v) is 2.81. The van der Waals surface area contributed by atoms with E-state index in [1.54, 1.807) is 24.3 Å². The number of carbonyl (C=O) groups excluding carboxylic acids is 1. The maximum atomic E-state index is 12.3. The number of halogens is 1. The van der Waals surface area contributed by atoms with E-state index in [0.29, 0.717) is 11.3 Å². The summed E-state index contributed by atoms with van der Waals surface area (Å²) in [7, 11) is 2.04. The summed E-state index contributed by atoms with van der Waals surface area (Å²) in [5, 5.41) is 13.3. The van der Waals surface area contributed by atoms with Crippen LogP contribution in [0, 0.1) is 10.1 Å². The lowest BCUT2D eigenvalue weighted by molar-refractivity contribution is -0.385. The van der Waals surface area contributed by atoms with Crippen LogP contribution in [0.4, 0.5) is 5.69 Å². The van der Waals surface area contributed by atoms with Gasteiger partial charge in [0, 0.05) is 42.8 Å². The van der Waals surface area contributed by atoms with Crippen LogP contribution in [0.1, 0.15) is 10.4 Å². The Labute approximate surface area is 161 Å². The Morgan fingerprint density at radius 2 is 1.81 bits per heavy atom. The first-order valence-corrected chi connectivity index (χ1v) is 8.76. The van der Waals surface area contributed by atoms with E-state index < -0.39 is 4.92 Å². The van der Waals surface area contributed by atoms with Gasteiger partial charge in [-0.1, -0.05) is 11.6 Å². The van der Waals surface area contributed by atoms with E-state index in [-0.39, 0.29) is 22.4 Å². The third-order valence-corrected chi connectivity index (χ3v) is 4.46. The number of benzene rings is 2. The molecule has 0 bridgehead atoms. The SMILES string of the molecule is CN1CCN(NC(=O)c2ccc(Oc3ccc(Cl)cc3[N+](=O)[O-])cc2)CC1. The van der Waals surface area contributed by atoms with Crippen molar-refractivity contribution in [3.8, 4) is 11.5 Å². The molecule has 27 heavy (non-hydrogen) atoms. The van der Waals surface area contributed by atoms with Gasteiger partial charge in [0.1, 0.15) is 5.75 Å². The maximum Gasteiger partial charge on any atom is 0.313 e. The highest BCUT2D eigenvalue weighted by molar-refractivity contribution is 6.30. The first-order chi connectivity index (χ1) is 12.9. The Hall–Kier alpha value is -2.68. The molecule has 0 unspecified atom stereocenters. The summed E-state index contributed by atoms with van der Waals surface area (Å²) in [4.78, 5) is 25.1. The number of carbonyl (C=O) groups is 1. The molecule has 1 N–H and O–H groups in total. The number of likely N-dealkylation sites (N-methyl/N-ethyl adjacent to an activating group) is 1. The van der Waals surface area contributed by atoms with Gasteiger partial charge >= 0.3 is 5.69 Å². The molecule has 8 nitrogen and oxygen atoms in total. The van der Waals surface area contributed by atoms with Gasteiger partial charge in [0.2, 0.25) is 5.75 Å². The van der Waals surface area contributed by atoms with Crippen molar-refractivity contribution in [3.05, 3.63) is 63.2 Å². The minimum atomic E-state index is -0.556. The predicted octanol–water partition coefficient (Wildman–Crippen LogP) is 2.93. The standard InChI is InChI=1S/C18H19ClN4O4/c1-21-8-10-22(11-9-21)20-18(24)13-2-5-15(6-3-13)27-17-7-4-14(19)12-16(17)23(25)26/h2-7,12H,8-11H2,1H3,(H,20,24). The Bertz CT molecular complexity index is 836. The molecule has 1 amide bonds. The summed E-state index contributed by atoms with van der Waals surface area (Å²) in [5.41, 5.74) is 3.13. The lowest BCUT2D eigenvalue weighted by Crippen LogP contribution is -2.52. The number of hydrazine groups is 1. The van der Waals surface area contributed by atoms with Crippen LogP contribution in [0.15, 0.2) is 42.5 Å². The normalized spacial score (nSPS) is 15.3. The summed E-state index contributed by atoms with van der Waals surface area (Å²) < 4.78 is 5.57. The average Bonchev–Trinajstić information content (AvgIpc) is 2.65. The molecule has 0 saturated carbocycles. The summed E-state index contributed by atoms with van der Waals surface area (Å²) >= 11 is 5.80. The monoisotopic (exact) mass is 390 g/mol. The number of hydrogen-bond acceptors (Lipinski definition) is 6. The Morgan fingerprint density at radius 3 is 2.44 bits per heavy atom. The molecule has 0 atom stereocenters. The molecule has 1 aliphatic rings. The van der Waals surface area contributed by atoms with E-state index in [9.17, 15) is 14.9 Å². The lowest BCUT2D eigenvalue weighted by Gasteiger charge is -2.32. The van der Waals surface area contributed by atoms with Gasteiger partial charge in [-0.05, 0) is 43.4 Å². The molecular formula is C18H19ClN4O4. The zero-order valence-electron chi connectivity index (χ0n) is 14.7. The second kappa shape index (κ2) is 8.34. The second-order valence-corrected chi connectivity index (χ2v) is 6.66. The minimum Gasteiger partial charge on any atom is -0.450 e. The number of nitrogens with zero attached hydrogens (tertiary/aromatic N) is 3. The number of hydrogen-bond donors (Lipinski definition) is 1. The molecule has 1 aliphatic heterocycles. The maximum absolute atomic E-state index is 12.3. The number of ether oxygens (including phenoxy) is 1. The van der Waals surface area contributed by atoms with Crippen molar-refractivity contribution < 1.29 is 14.5 Å². The van der Waals surface area contributed by atoms with Crippen molar-refractivity contribution in [2.75, 3.05) is 33.2 Å². The van der Waals surface area contributed by atoms with Crippen LogP contribution < -0.4 is 10.2 Å². The van der Waals surface area contributed by atoms with Crippen LogP contribution in [-0.2, 0) is 0 Å². The largest absolute Gasteiger partial charge is 0.450 e. The number of nitro groups is 1. The third kappa shape index (κ3) is 4.94. The van der Waals surface area contributed by atoms with Gasteiger partial charge in [-0.3, -0.25) is 20.3 Å². The highest BCUT2D eigenvalue weighted by atomic mass is 35.5. The van der Waals surface area contributed by atoms with Crippen LogP contribution >= 0.6 is 11.6 Å². The van der Waals surface area contributed by atoms with Gasteiger partial charge in [-0.2, -0.15) is 0 Å². The van der Waals surface area contributed by atoms with Crippen molar-refractivity contribution in [2.45, 2.75) is 0 Å². The van der Waals surface area contributed by atoms with Gasteiger partial charge in [0.25, 0.3) is 5.91 Å². The Morgan fingerprint density at radius 1 is 1.15 bits per heavy atom. The quantitative estimate of drug-likeness (QED) is 0.623. The molecule has 9 heteroatoms. The number of amides is 1. The molecule has 1 saturated heterocycles. The van der Waals surface area contributed by atoms with E-state index in [0.717, 1.165) is 26.2 Å². The molecule has 0 aliphatic carbocycles. The zero-order chi connectivity index (χ0) is 19.4. The number of nitrogens with one attached hydrogen (secondary N) is 1. The van der Waals surface area contributed by atoms with Crippen LogP contribution in [0.25, 0.3) is 0 Å². The molecule has 2 aromatic rings. The van der Waals surface area contributed by atoms with Crippen molar-refractivity contribution in [2.24, 2.45) is 0 Å². The van der Waals surface area contributed by atoms with E-state index in [1.807, 2.05) is 12.1 Å². The molecule has 1 heterocycles. The van der Waals surface area contributed by atoms with E-state index in [4.69, 9.17) is 16.3 Å². The highest BCUT2D eigenvalue weighted by Crippen LogP contribution is 2.33. The molecule has 2 aromatic carbocycles. The second-order valence-electron chi connectivity index (χ2n) is 6.23. The van der Waals surface area contributed by atoms with E-state index in [2.05, 4.69) is 10.3 Å². The number of rotatable bonds is 5. The highest BCUT2D eigenvalue weighted by Gasteiger charge is 2.18. The molecule has 0 spiro atoms. The van der Waals surface area contributed by atoms with Gasteiger partial charge in [0.05, 0.1) is 4.92 Å². The van der Waals surface area contributed by atoms with Crippen LogP contribution in [0.5, 0.6) is 11.5 Å². The average molecular weight is 391 g/mol. The van der Waals surface area contributed by atoms with Crippen molar-refractivity contribution >= 4 is 23.2 Å². The van der Waals surface area contributed by atoms with Crippen molar-refractivity contribution in [3.63, 3.8) is 0 Å². The predicted molar refractivity (Wildman–Crippen MR) is 101 cm³/mol. The third-order valence-electron chi connectivity index (χ3n) is 4.22. The van der Waals surface area contributed by atoms with Crippen molar-refractivity contribution in [1.29, 1.82) is 0 Å². The van der Waals surface area contributed by atoms with Gasteiger partial charge < -0.3 is 9.64 Å². The first-order valence-electron chi connectivity index (χ1n) is 8.39. The summed E-state index contributed by atoms with van der Waals surface area (Å²) in [5.74, 6) is 0.263. The van der Waals surface area contributed by atoms with E-state index in [1.165, 1.54) is 18.2 Å². The molecule has 1 fully saturated rings. The zero-order valence-corrected chi connectivity index (χ0v) is 15.5. The summed E-state index contributed by atoms with van der Waals surface area (Å²) in [6.07, 6.45) is 0. The fourth-order valence-electron chi connectivity index (χ4n) is 2.65. The molecule has 0 radical (unpaired) electrons. The van der Waals surface area contributed by atoms with Crippen LogP contribution in [-0.4, -0.2) is 54.0 Å². The first kappa shape index (κ1) is 19.1. The van der Waals surface area contributed by atoms with Crippen LogP contribution in [0.3, 0.4) is 0 Å². The molecule has 3 rings (SSSR count). The Balaban J connectivity index is 1.65. The topological polar surface area (TPSA) is 88.0 Å². The van der Waals surface area contributed by atoms with Gasteiger partial charge in [-0.25, -0.2) is 5.01 Å². The van der Waals surface area contributed by atoms with Gasteiger partial charge in [0.15, 0.2) is 0 Å². The fraction of sp³-hybridized carbons (Fsp3) is 0.278. The lowest BCUT2D eigenvalue weighted by atomic mass is 10.2. The molecule has 0 aromatic heterocycles. The summed E-state index contributed by atoms with van der Waals surface area (Å²) in [6, 6.07) is 10.6. The van der Waals surface area contributed by atoms with Crippen LogP contribution in [0.2, 0.25) is 5.02 Å². The number of piperazine rings is 1. The molecule has 142 valence electrons. The minimum absolute atomic E-state index is 0.0824. The smallest absolute Gasteiger partial charge is 0.313 e. The van der Waals surface area contributed by atoms with Crippen molar-refractivity contribution in [1.82, 2.24) is 15.3 Å². The number of nitro benzene ring substituents is 1. The summed E-state index contributed by atoms with van der Waals surface area (Å²) in [6.45, 7) is 3.33. The van der Waals surface area contributed by atoms with Gasteiger partial charge in [-0.15, -0.1) is 0 Å². The Kier molecular flexibility index (Phi) is 5.90. The molecular weight excluding hydrogens is 372 g/mol.